The average Bonchev–Trinajstić information content (AvgIpc) is 2.60. The summed E-state index contributed by atoms with van der Waals surface area (Å²) in [5.74, 6) is -0.713. The minimum atomic E-state index is -0.790. The van der Waals surface area contributed by atoms with E-state index < -0.39 is 12.0 Å². The van der Waals surface area contributed by atoms with Crippen molar-refractivity contribution in [3.63, 3.8) is 0 Å². The number of likely N-dealkylation sites (tertiary alicyclic amines) is 2. The molecule has 2 aliphatic rings. The quantitative estimate of drug-likeness (QED) is 0.728. The number of rotatable bonds is 2. The summed E-state index contributed by atoms with van der Waals surface area (Å²) in [5.41, 5.74) is 0. The number of nitrogens with zero attached hydrogens (tertiary/aromatic N) is 2. The molecule has 0 aromatic heterocycles. The maximum atomic E-state index is 11.9. The lowest BCUT2D eigenvalue weighted by Gasteiger charge is -2.36. The molecule has 5 heteroatoms. The van der Waals surface area contributed by atoms with Crippen LogP contribution in [0.3, 0.4) is 0 Å². The van der Waals surface area contributed by atoms with Crippen LogP contribution in [-0.4, -0.2) is 59.0 Å². The van der Waals surface area contributed by atoms with Gasteiger partial charge < -0.3 is 10.0 Å². The highest BCUT2D eigenvalue weighted by atomic mass is 16.4. The Bertz CT molecular complexity index is 306. The van der Waals surface area contributed by atoms with E-state index in [0.29, 0.717) is 6.42 Å². The van der Waals surface area contributed by atoms with Gasteiger partial charge in [0.2, 0.25) is 5.91 Å². The van der Waals surface area contributed by atoms with Gasteiger partial charge >= 0.3 is 5.97 Å². The molecular formula is C11H18N2O3. The Morgan fingerprint density at radius 2 is 2.06 bits per heavy atom. The van der Waals surface area contributed by atoms with Crippen LogP contribution in [0.25, 0.3) is 0 Å². The van der Waals surface area contributed by atoms with E-state index in [1.165, 1.54) is 0 Å². The standard InChI is InChI=1S/C11H18N2O3/c1-12-7-5-8(10(12)14)13-6-3-2-4-9(13)11(15)16/h8-9H,2-7H2,1H3,(H,15,16). The first-order valence-corrected chi connectivity index (χ1v) is 5.85. The highest BCUT2D eigenvalue weighted by molar-refractivity contribution is 5.85. The van der Waals surface area contributed by atoms with Crippen LogP contribution < -0.4 is 0 Å². The lowest BCUT2D eigenvalue weighted by Crippen LogP contribution is -2.52. The van der Waals surface area contributed by atoms with Gasteiger partial charge in [-0.15, -0.1) is 0 Å². The van der Waals surface area contributed by atoms with E-state index in [1.807, 2.05) is 4.90 Å². The number of amides is 1. The Morgan fingerprint density at radius 1 is 1.31 bits per heavy atom. The second kappa shape index (κ2) is 4.41. The summed E-state index contributed by atoms with van der Waals surface area (Å²) in [6, 6.07) is -0.666. The molecule has 1 amide bonds. The van der Waals surface area contributed by atoms with Crippen molar-refractivity contribution in [2.75, 3.05) is 20.1 Å². The van der Waals surface area contributed by atoms with E-state index in [2.05, 4.69) is 0 Å². The molecule has 16 heavy (non-hydrogen) atoms. The second-order valence-corrected chi connectivity index (χ2v) is 4.65. The Labute approximate surface area is 95.0 Å². The number of aliphatic carboxylic acids is 1. The van der Waals surface area contributed by atoms with Crippen LogP contribution in [-0.2, 0) is 9.59 Å². The normalized spacial score (nSPS) is 32.1. The first kappa shape index (κ1) is 11.4. The van der Waals surface area contributed by atoms with Crippen molar-refractivity contribution in [2.24, 2.45) is 0 Å². The molecule has 2 atom stereocenters. The first-order chi connectivity index (χ1) is 7.61. The van der Waals surface area contributed by atoms with Crippen LogP contribution >= 0.6 is 0 Å². The van der Waals surface area contributed by atoms with Gasteiger partial charge in [-0.1, -0.05) is 6.42 Å². The van der Waals surface area contributed by atoms with Gasteiger partial charge in [0, 0.05) is 13.6 Å². The summed E-state index contributed by atoms with van der Waals surface area (Å²) in [4.78, 5) is 26.6. The third kappa shape index (κ3) is 1.91. The summed E-state index contributed by atoms with van der Waals surface area (Å²) in [5, 5.41) is 9.15. The fraction of sp³-hybridized carbons (Fsp3) is 0.818. The zero-order chi connectivity index (χ0) is 11.7. The number of carbonyl (C=O) groups excluding carboxylic acids is 1. The maximum Gasteiger partial charge on any atom is 0.320 e. The number of hydrogen-bond donors (Lipinski definition) is 1. The average molecular weight is 226 g/mol. The van der Waals surface area contributed by atoms with E-state index in [1.54, 1.807) is 11.9 Å². The highest BCUT2D eigenvalue weighted by Crippen LogP contribution is 2.25. The molecule has 2 heterocycles. The fourth-order valence-corrected chi connectivity index (χ4v) is 2.70. The van der Waals surface area contributed by atoms with E-state index in [4.69, 9.17) is 5.11 Å². The molecule has 0 aliphatic carbocycles. The molecule has 0 spiro atoms. The van der Waals surface area contributed by atoms with Gasteiger partial charge in [-0.3, -0.25) is 14.5 Å². The molecule has 0 saturated carbocycles. The molecule has 0 aromatic rings. The minimum Gasteiger partial charge on any atom is -0.480 e. The SMILES string of the molecule is CN1CCC(N2CCCCC2C(=O)O)C1=O. The number of carboxylic acids is 1. The predicted octanol–water partition coefficient (Wildman–Crippen LogP) is 0.156. The number of carboxylic acid groups (broad SMARTS) is 1. The monoisotopic (exact) mass is 226 g/mol. The molecule has 2 unspecified atom stereocenters. The van der Waals surface area contributed by atoms with Crippen molar-refractivity contribution < 1.29 is 14.7 Å². The Hall–Kier alpha value is -1.10. The van der Waals surface area contributed by atoms with Crippen molar-refractivity contribution in [3.8, 4) is 0 Å². The van der Waals surface area contributed by atoms with E-state index >= 15 is 0 Å². The lowest BCUT2D eigenvalue weighted by molar-refractivity contribution is -0.147. The largest absolute Gasteiger partial charge is 0.480 e. The molecule has 0 aromatic carbocycles. The Kier molecular flexibility index (Phi) is 3.14. The second-order valence-electron chi connectivity index (χ2n) is 4.65. The van der Waals surface area contributed by atoms with Crippen molar-refractivity contribution in [1.82, 2.24) is 9.80 Å². The van der Waals surface area contributed by atoms with Crippen molar-refractivity contribution in [2.45, 2.75) is 37.8 Å². The molecule has 90 valence electrons. The number of hydrogen-bond acceptors (Lipinski definition) is 3. The van der Waals surface area contributed by atoms with Crippen molar-refractivity contribution in [3.05, 3.63) is 0 Å². The van der Waals surface area contributed by atoms with Gasteiger partial charge in [-0.05, 0) is 25.8 Å². The number of carbonyl (C=O) groups is 2. The summed E-state index contributed by atoms with van der Waals surface area (Å²) in [6.07, 6.45) is 3.38. The first-order valence-electron chi connectivity index (χ1n) is 5.85. The highest BCUT2D eigenvalue weighted by Gasteiger charge is 2.40. The molecule has 2 saturated heterocycles. The number of piperidine rings is 1. The van der Waals surface area contributed by atoms with Gasteiger partial charge in [0.05, 0.1) is 6.04 Å². The van der Waals surface area contributed by atoms with Crippen LogP contribution in [0.15, 0.2) is 0 Å². The lowest BCUT2D eigenvalue weighted by atomic mass is 9.99. The molecular weight excluding hydrogens is 208 g/mol. The molecule has 1 N–H and O–H groups in total. The number of likely N-dealkylation sites (N-methyl/N-ethyl adjacent to an activating group) is 1. The third-order valence-corrected chi connectivity index (χ3v) is 3.63. The van der Waals surface area contributed by atoms with Gasteiger partial charge in [0.1, 0.15) is 6.04 Å². The summed E-state index contributed by atoms with van der Waals surface area (Å²) >= 11 is 0. The van der Waals surface area contributed by atoms with Gasteiger partial charge in [-0.25, -0.2) is 0 Å². The van der Waals surface area contributed by atoms with E-state index in [0.717, 1.165) is 32.4 Å². The van der Waals surface area contributed by atoms with Crippen molar-refractivity contribution >= 4 is 11.9 Å². The van der Waals surface area contributed by atoms with Gasteiger partial charge in [0.25, 0.3) is 0 Å². The fourth-order valence-electron chi connectivity index (χ4n) is 2.70. The van der Waals surface area contributed by atoms with Crippen LogP contribution in [0.5, 0.6) is 0 Å². The molecule has 0 bridgehead atoms. The van der Waals surface area contributed by atoms with Gasteiger partial charge in [0.15, 0.2) is 0 Å². The van der Waals surface area contributed by atoms with Crippen molar-refractivity contribution in [1.29, 1.82) is 0 Å². The zero-order valence-corrected chi connectivity index (χ0v) is 9.56. The smallest absolute Gasteiger partial charge is 0.320 e. The predicted molar refractivity (Wildman–Crippen MR) is 58.0 cm³/mol. The van der Waals surface area contributed by atoms with Gasteiger partial charge in [-0.2, -0.15) is 0 Å². The maximum absolute atomic E-state index is 11.9. The summed E-state index contributed by atoms with van der Waals surface area (Å²) < 4.78 is 0. The molecule has 2 aliphatic heterocycles. The molecule has 2 rings (SSSR count). The molecule has 2 fully saturated rings. The molecule has 5 nitrogen and oxygen atoms in total. The van der Waals surface area contributed by atoms with E-state index in [-0.39, 0.29) is 11.9 Å². The van der Waals surface area contributed by atoms with Crippen LogP contribution in [0.1, 0.15) is 25.7 Å². The Balaban J connectivity index is 2.11. The van der Waals surface area contributed by atoms with Crippen LogP contribution in [0, 0.1) is 0 Å². The van der Waals surface area contributed by atoms with Crippen LogP contribution in [0.2, 0.25) is 0 Å². The Morgan fingerprint density at radius 3 is 2.62 bits per heavy atom. The van der Waals surface area contributed by atoms with Crippen LogP contribution in [0.4, 0.5) is 0 Å². The van der Waals surface area contributed by atoms with E-state index in [9.17, 15) is 9.59 Å². The summed E-state index contributed by atoms with van der Waals surface area (Å²) in [7, 11) is 1.78. The summed E-state index contributed by atoms with van der Waals surface area (Å²) in [6.45, 7) is 1.48. The molecule has 0 radical (unpaired) electrons. The minimum absolute atomic E-state index is 0.0770. The topological polar surface area (TPSA) is 60.9 Å². The third-order valence-electron chi connectivity index (χ3n) is 3.63. The zero-order valence-electron chi connectivity index (χ0n) is 9.56.